The highest BCUT2D eigenvalue weighted by Crippen LogP contribution is 2.22. The number of non-ortho nitro benzene ring substituents is 1. The van der Waals surface area contributed by atoms with Gasteiger partial charge in [-0.1, -0.05) is 6.07 Å². The van der Waals surface area contributed by atoms with Crippen molar-refractivity contribution in [2.24, 2.45) is 0 Å². The molecule has 27 heavy (non-hydrogen) atoms. The number of aromatic nitrogens is 1. The average molecular weight is 401 g/mol. The minimum Gasteiger partial charge on any atom is -0.468 e. The van der Waals surface area contributed by atoms with Crippen molar-refractivity contribution >= 4 is 23.4 Å². The van der Waals surface area contributed by atoms with Gasteiger partial charge in [-0.2, -0.15) is 13.2 Å². The molecule has 0 aliphatic heterocycles. The van der Waals surface area contributed by atoms with Crippen molar-refractivity contribution in [1.29, 1.82) is 0 Å². The number of alkyl halides is 3. The van der Waals surface area contributed by atoms with Crippen LogP contribution in [0.4, 0.5) is 18.9 Å². The Labute approximate surface area is 156 Å². The van der Waals surface area contributed by atoms with Gasteiger partial charge in [0.25, 0.3) is 5.69 Å². The van der Waals surface area contributed by atoms with Crippen LogP contribution in [-0.2, 0) is 11.3 Å². The molecule has 0 saturated heterocycles. The number of carbonyl (C=O) groups is 1. The molecule has 1 aromatic carbocycles. The zero-order valence-corrected chi connectivity index (χ0v) is 14.5. The number of amides is 1. The SMILES string of the molecule is O=C(CSc1ccc([N+](=O)[O-])cc1)NCc1cccnc1OCC(F)(F)F. The van der Waals surface area contributed by atoms with Gasteiger partial charge in [0.2, 0.25) is 11.8 Å². The summed E-state index contributed by atoms with van der Waals surface area (Å²) < 4.78 is 41.4. The van der Waals surface area contributed by atoms with Crippen LogP contribution in [0.5, 0.6) is 5.88 Å². The number of nitro benzene ring substituents is 1. The highest BCUT2D eigenvalue weighted by molar-refractivity contribution is 8.00. The van der Waals surface area contributed by atoms with Crippen LogP contribution in [0.1, 0.15) is 5.56 Å². The molecule has 2 rings (SSSR count). The summed E-state index contributed by atoms with van der Waals surface area (Å²) in [5.74, 6) is -0.515. The number of nitrogens with one attached hydrogen (secondary N) is 1. The topological polar surface area (TPSA) is 94.4 Å². The maximum Gasteiger partial charge on any atom is 0.422 e. The summed E-state index contributed by atoms with van der Waals surface area (Å²) in [7, 11) is 0. The van der Waals surface area contributed by atoms with E-state index in [1.807, 2.05) is 0 Å². The zero-order valence-electron chi connectivity index (χ0n) is 13.7. The molecule has 0 aliphatic carbocycles. The molecule has 1 aromatic heterocycles. The molecule has 11 heteroatoms. The molecule has 2 aromatic rings. The van der Waals surface area contributed by atoms with Gasteiger partial charge in [-0.3, -0.25) is 14.9 Å². The number of carbonyl (C=O) groups excluding carboxylic acids is 1. The van der Waals surface area contributed by atoms with Gasteiger partial charge in [0.1, 0.15) is 0 Å². The van der Waals surface area contributed by atoms with E-state index in [2.05, 4.69) is 15.0 Å². The maximum atomic E-state index is 12.3. The van der Waals surface area contributed by atoms with E-state index >= 15 is 0 Å². The van der Waals surface area contributed by atoms with Crippen LogP contribution in [-0.4, -0.2) is 34.4 Å². The summed E-state index contributed by atoms with van der Waals surface area (Å²) in [5, 5.41) is 13.2. The number of thioether (sulfide) groups is 1. The van der Waals surface area contributed by atoms with E-state index in [9.17, 15) is 28.1 Å². The van der Waals surface area contributed by atoms with Gasteiger partial charge in [0.15, 0.2) is 6.61 Å². The van der Waals surface area contributed by atoms with Crippen molar-refractivity contribution in [3.8, 4) is 5.88 Å². The summed E-state index contributed by atoms with van der Waals surface area (Å²) in [6.45, 7) is -1.51. The molecule has 0 radical (unpaired) electrons. The van der Waals surface area contributed by atoms with Crippen LogP contribution >= 0.6 is 11.8 Å². The Kier molecular flexibility index (Phi) is 6.99. The fraction of sp³-hybridized carbons (Fsp3) is 0.250. The number of halogens is 3. The van der Waals surface area contributed by atoms with Crippen LogP contribution in [0, 0.1) is 10.1 Å². The lowest BCUT2D eigenvalue weighted by atomic mass is 10.2. The molecule has 1 amide bonds. The first-order valence-corrected chi connectivity index (χ1v) is 8.50. The molecule has 0 bridgehead atoms. The second kappa shape index (κ2) is 9.21. The predicted molar refractivity (Wildman–Crippen MR) is 91.5 cm³/mol. The van der Waals surface area contributed by atoms with Crippen LogP contribution in [0.3, 0.4) is 0 Å². The Hall–Kier alpha value is -2.82. The van der Waals surface area contributed by atoms with Crippen molar-refractivity contribution in [2.45, 2.75) is 17.6 Å². The summed E-state index contributed by atoms with van der Waals surface area (Å²) in [6, 6.07) is 8.75. The van der Waals surface area contributed by atoms with E-state index in [4.69, 9.17) is 0 Å². The van der Waals surface area contributed by atoms with Crippen LogP contribution < -0.4 is 10.1 Å². The lowest BCUT2D eigenvalue weighted by Gasteiger charge is -2.12. The van der Waals surface area contributed by atoms with Crippen molar-refractivity contribution < 1.29 is 27.6 Å². The van der Waals surface area contributed by atoms with Gasteiger partial charge < -0.3 is 10.1 Å². The van der Waals surface area contributed by atoms with E-state index < -0.39 is 17.7 Å². The third kappa shape index (κ3) is 7.13. The van der Waals surface area contributed by atoms with Crippen molar-refractivity contribution in [1.82, 2.24) is 10.3 Å². The predicted octanol–water partition coefficient (Wildman–Crippen LogP) is 3.34. The highest BCUT2D eigenvalue weighted by atomic mass is 32.2. The van der Waals surface area contributed by atoms with Gasteiger partial charge in [-0.25, -0.2) is 4.98 Å². The van der Waals surface area contributed by atoms with E-state index in [1.54, 1.807) is 0 Å². The molecule has 0 spiro atoms. The number of rotatable bonds is 8. The van der Waals surface area contributed by atoms with Crippen molar-refractivity contribution in [2.75, 3.05) is 12.4 Å². The fourth-order valence-electron chi connectivity index (χ4n) is 1.90. The molecule has 0 unspecified atom stereocenters. The molecule has 1 N–H and O–H groups in total. The van der Waals surface area contributed by atoms with Crippen molar-refractivity contribution in [3.63, 3.8) is 0 Å². The number of pyridine rings is 1. The first-order valence-electron chi connectivity index (χ1n) is 7.52. The van der Waals surface area contributed by atoms with Crippen LogP contribution in [0.25, 0.3) is 0 Å². The minimum absolute atomic E-state index is 0.0385. The molecule has 144 valence electrons. The molecule has 0 fully saturated rings. The van der Waals surface area contributed by atoms with Gasteiger partial charge in [-0.05, 0) is 18.2 Å². The van der Waals surface area contributed by atoms with E-state index in [0.29, 0.717) is 10.5 Å². The summed E-state index contributed by atoms with van der Waals surface area (Å²) in [5.41, 5.74) is 0.266. The summed E-state index contributed by atoms with van der Waals surface area (Å²) >= 11 is 1.17. The average Bonchev–Trinajstić information content (AvgIpc) is 2.63. The van der Waals surface area contributed by atoms with E-state index in [1.165, 1.54) is 54.4 Å². The first kappa shape index (κ1) is 20.5. The molecule has 0 atom stereocenters. The second-order valence-electron chi connectivity index (χ2n) is 5.19. The second-order valence-corrected chi connectivity index (χ2v) is 6.24. The molecular weight excluding hydrogens is 387 g/mol. The molecule has 0 saturated carbocycles. The highest BCUT2D eigenvalue weighted by Gasteiger charge is 2.29. The monoisotopic (exact) mass is 401 g/mol. The summed E-state index contributed by atoms with van der Waals surface area (Å²) in [4.78, 5) is 26.4. The lowest BCUT2D eigenvalue weighted by molar-refractivity contribution is -0.384. The molecule has 1 heterocycles. The van der Waals surface area contributed by atoms with Crippen LogP contribution in [0.15, 0.2) is 47.5 Å². The van der Waals surface area contributed by atoms with Crippen LogP contribution in [0.2, 0.25) is 0 Å². The molecule has 7 nitrogen and oxygen atoms in total. The Bertz CT molecular complexity index is 800. The smallest absolute Gasteiger partial charge is 0.422 e. The number of nitro groups is 1. The lowest BCUT2D eigenvalue weighted by Crippen LogP contribution is -2.25. The van der Waals surface area contributed by atoms with Crippen molar-refractivity contribution in [3.05, 3.63) is 58.3 Å². The zero-order chi connectivity index (χ0) is 19.9. The Morgan fingerprint density at radius 3 is 2.59 bits per heavy atom. The largest absolute Gasteiger partial charge is 0.468 e. The third-order valence-electron chi connectivity index (χ3n) is 3.12. The third-order valence-corrected chi connectivity index (χ3v) is 4.13. The Balaban J connectivity index is 1.84. The van der Waals surface area contributed by atoms with Gasteiger partial charge >= 0.3 is 6.18 Å². The Morgan fingerprint density at radius 2 is 1.96 bits per heavy atom. The number of benzene rings is 1. The molecular formula is C16H14F3N3O4S. The quantitative estimate of drug-likeness (QED) is 0.414. The van der Waals surface area contributed by atoms with E-state index in [0.717, 1.165) is 0 Å². The molecule has 0 aliphatic rings. The van der Waals surface area contributed by atoms with Gasteiger partial charge in [-0.15, -0.1) is 11.8 Å². The number of hydrogen-bond donors (Lipinski definition) is 1. The van der Waals surface area contributed by atoms with Gasteiger partial charge in [0.05, 0.1) is 10.7 Å². The maximum absolute atomic E-state index is 12.3. The van der Waals surface area contributed by atoms with Gasteiger partial charge in [0, 0.05) is 35.3 Å². The normalized spacial score (nSPS) is 11.1. The minimum atomic E-state index is -4.49. The summed E-state index contributed by atoms with van der Waals surface area (Å²) in [6.07, 6.45) is -3.19. The van der Waals surface area contributed by atoms with E-state index in [-0.39, 0.29) is 29.8 Å². The fourth-order valence-corrected chi connectivity index (χ4v) is 2.62. The Morgan fingerprint density at radius 1 is 1.26 bits per heavy atom. The number of ether oxygens (including phenoxy) is 1. The number of nitrogens with zero attached hydrogens (tertiary/aromatic N) is 2. The first-order chi connectivity index (χ1) is 12.7. The standard InChI is InChI=1S/C16H14F3N3O4S/c17-16(18,19)10-26-15-11(2-1-7-20-15)8-21-14(23)9-27-13-5-3-12(4-6-13)22(24)25/h1-7H,8-10H2,(H,21,23). The number of hydrogen-bond acceptors (Lipinski definition) is 6.